The van der Waals surface area contributed by atoms with Crippen LogP contribution in [0, 0.1) is 0 Å². The number of nitrogens with zero attached hydrogens (tertiary/aromatic N) is 1. The van der Waals surface area contributed by atoms with Crippen molar-refractivity contribution in [3.05, 3.63) is 29.8 Å². The minimum Gasteiger partial charge on any atom is -0.497 e. The number of carbonyl (C=O) groups excluding carboxylic acids is 1. The van der Waals surface area contributed by atoms with Crippen LogP contribution in [0.5, 0.6) is 5.75 Å². The molecule has 0 heterocycles. The minimum absolute atomic E-state index is 0.259. The lowest BCUT2D eigenvalue weighted by molar-refractivity contribution is -0.150. The molecule has 0 aliphatic heterocycles. The van der Waals surface area contributed by atoms with Crippen LogP contribution in [0.4, 0.5) is 0 Å². The molecule has 1 rings (SSSR count). The van der Waals surface area contributed by atoms with Gasteiger partial charge < -0.3 is 19.5 Å². The number of ether oxygens (including phenoxy) is 2. The van der Waals surface area contributed by atoms with Gasteiger partial charge in [0, 0.05) is 6.54 Å². The molecule has 0 radical (unpaired) electrons. The van der Waals surface area contributed by atoms with E-state index in [0.29, 0.717) is 6.54 Å². The molecule has 0 fully saturated rings. The minimum atomic E-state index is -1.04. The second kappa shape index (κ2) is 8.26. The first-order valence-corrected chi connectivity index (χ1v) is 6.73. The number of hydrogen-bond acceptors (Lipinski definition) is 4. The standard InChI is InChI=1S/C15H21NO5/c1-4-16(9-14(17)18)15(19)11(2)21-10-12-6-5-7-13(8-12)20-3/h5-8,11H,4,9-10H2,1-3H3,(H,17,18). The molecule has 21 heavy (non-hydrogen) atoms. The maximum atomic E-state index is 12.1. The summed E-state index contributed by atoms with van der Waals surface area (Å²) in [6, 6.07) is 7.36. The average molecular weight is 295 g/mol. The SMILES string of the molecule is CCN(CC(=O)O)C(=O)C(C)OCc1cccc(OC)c1. The molecule has 0 aromatic heterocycles. The van der Waals surface area contributed by atoms with Crippen LogP contribution in [0.1, 0.15) is 19.4 Å². The Bertz CT molecular complexity index is 489. The van der Waals surface area contributed by atoms with Gasteiger partial charge in [-0.15, -0.1) is 0 Å². The first-order chi connectivity index (χ1) is 9.97. The molecule has 0 aliphatic rings. The van der Waals surface area contributed by atoms with Crippen LogP contribution in [-0.4, -0.2) is 48.2 Å². The Morgan fingerprint density at radius 1 is 1.38 bits per heavy atom. The van der Waals surface area contributed by atoms with E-state index in [0.717, 1.165) is 11.3 Å². The molecule has 1 aromatic carbocycles. The lowest BCUT2D eigenvalue weighted by Crippen LogP contribution is -2.41. The first kappa shape index (κ1) is 17.0. The number of carboxylic acids is 1. The third kappa shape index (κ3) is 5.43. The number of benzene rings is 1. The summed E-state index contributed by atoms with van der Waals surface area (Å²) in [6.07, 6.45) is -0.699. The number of methoxy groups -OCH3 is 1. The van der Waals surface area contributed by atoms with Gasteiger partial charge in [0.05, 0.1) is 13.7 Å². The molecule has 6 nitrogen and oxygen atoms in total. The van der Waals surface area contributed by atoms with Crippen molar-refractivity contribution >= 4 is 11.9 Å². The Kier molecular flexibility index (Phi) is 6.68. The zero-order valence-electron chi connectivity index (χ0n) is 12.5. The monoisotopic (exact) mass is 295 g/mol. The summed E-state index contributed by atoms with van der Waals surface area (Å²) in [5, 5.41) is 8.76. The fraction of sp³-hybridized carbons (Fsp3) is 0.467. The van der Waals surface area contributed by atoms with Crippen molar-refractivity contribution in [1.29, 1.82) is 0 Å². The second-order valence-electron chi connectivity index (χ2n) is 4.55. The number of carboxylic acid groups (broad SMARTS) is 1. The van der Waals surface area contributed by atoms with Crippen LogP contribution >= 0.6 is 0 Å². The molecule has 0 spiro atoms. The van der Waals surface area contributed by atoms with Crippen LogP contribution in [-0.2, 0) is 20.9 Å². The summed E-state index contributed by atoms with van der Waals surface area (Å²) in [7, 11) is 1.58. The lowest BCUT2D eigenvalue weighted by atomic mass is 10.2. The van der Waals surface area contributed by atoms with E-state index in [1.165, 1.54) is 4.90 Å². The van der Waals surface area contributed by atoms with E-state index < -0.39 is 12.1 Å². The van der Waals surface area contributed by atoms with Crippen LogP contribution in [0.2, 0.25) is 0 Å². The summed E-state index contributed by atoms with van der Waals surface area (Å²) in [6.45, 7) is 3.62. The van der Waals surface area contributed by atoms with E-state index in [9.17, 15) is 9.59 Å². The van der Waals surface area contributed by atoms with Crippen molar-refractivity contribution < 1.29 is 24.2 Å². The summed E-state index contributed by atoms with van der Waals surface area (Å²) in [5.41, 5.74) is 0.885. The largest absolute Gasteiger partial charge is 0.497 e. The predicted octanol–water partition coefficient (Wildman–Crippen LogP) is 1.53. The van der Waals surface area contributed by atoms with E-state index in [2.05, 4.69) is 0 Å². The Balaban J connectivity index is 2.57. The molecular weight excluding hydrogens is 274 g/mol. The first-order valence-electron chi connectivity index (χ1n) is 6.73. The zero-order valence-corrected chi connectivity index (χ0v) is 12.5. The van der Waals surface area contributed by atoms with Crippen molar-refractivity contribution in [3.8, 4) is 5.75 Å². The van der Waals surface area contributed by atoms with Gasteiger partial charge in [0.25, 0.3) is 5.91 Å². The van der Waals surface area contributed by atoms with Gasteiger partial charge in [0.15, 0.2) is 0 Å². The Labute approximate surface area is 124 Å². The van der Waals surface area contributed by atoms with E-state index in [-0.39, 0.29) is 19.1 Å². The van der Waals surface area contributed by atoms with Crippen LogP contribution in [0.25, 0.3) is 0 Å². The van der Waals surface area contributed by atoms with Crippen LogP contribution in [0.3, 0.4) is 0 Å². The quantitative estimate of drug-likeness (QED) is 0.787. The normalized spacial score (nSPS) is 11.8. The number of rotatable bonds is 8. The van der Waals surface area contributed by atoms with E-state index in [4.69, 9.17) is 14.6 Å². The average Bonchev–Trinajstić information content (AvgIpc) is 2.49. The molecule has 1 unspecified atom stereocenters. The third-order valence-electron chi connectivity index (χ3n) is 3.00. The van der Waals surface area contributed by atoms with Crippen molar-refractivity contribution in [2.75, 3.05) is 20.2 Å². The van der Waals surface area contributed by atoms with Crippen LogP contribution in [0.15, 0.2) is 24.3 Å². The summed E-state index contributed by atoms with van der Waals surface area (Å²) < 4.78 is 10.6. The number of hydrogen-bond donors (Lipinski definition) is 1. The lowest BCUT2D eigenvalue weighted by Gasteiger charge is -2.22. The fourth-order valence-corrected chi connectivity index (χ4v) is 1.82. The Morgan fingerprint density at radius 2 is 2.10 bits per heavy atom. The third-order valence-corrected chi connectivity index (χ3v) is 3.00. The smallest absolute Gasteiger partial charge is 0.323 e. The fourth-order valence-electron chi connectivity index (χ4n) is 1.82. The summed E-state index contributed by atoms with van der Waals surface area (Å²) in [4.78, 5) is 24.0. The Hall–Kier alpha value is -2.08. The molecule has 6 heteroatoms. The maximum Gasteiger partial charge on any atom is 0.323 e. The number of carbonyl (C=O) groups is 2. The van der Waals surface area contributed by atoms with Gasteiger partial charge in [-0.25, -0.2) is 0 Å². The van der Waals surface area contributed by atoms with Gasteiger partial charge >= 0.3 is 5.97 Å². The van der Waals surface area contributed by atoms with Crippen molar-refractivity contribution in [3.63, 3.8) is 0 Å². The van der Waals surface area contributed by atoms with Crippen LogP contribution < -0.4 is 4.74 Å². The molecule has 1 amide bonds. The molecule has 1 aromatic rings. The van der Waals surface area contributed by atoms with Gasteiger partial charge in [-0.05, 0) is 31.5 Å². The number of likely N-dealkylation sites (N-methyl/N-ethyl adjacent to an activating group) is 1. The highest BCUT2D eigenvalue weighted by molar-refractivity contribution is 5.84. The van der Waals surface area contributed by atoms with Gasteiger partial charge in [0.1, 0.15) is 18.4 Å². The van der Waals surface area contributed by atoms with Gasteiger partial charge in [-0.1, -0.05) is 12.1 Å². The van der Waals surface area contributed by atoms with E-state index >= 15 is 0 Å². The summed E-state index contributed by atoms with van der Waals surface area (Å²) >= 11 is 0. The number of amides is 1. The topological polar surface area (TPSA) is 76.1 Å². The highest BCUT2D eigenvalue weighted by atomic mass is 16.5. The molecule has 0 aliphatic carbocycles. The molecule has 0 saturated carbocycles. The zero-order chi connectivity index (χ0) is 15.8. The summed E-state index contributed by atoms with van der Waals surface area (Å²) in [5.74, 6) is -0.649. The van der Waals surface area contributed by atoms with Gasteiger partial charge in [-0.2, -0.15) is 0 Å². The van der Waals surface area contributed by atoms with E-state index in [1.807, 2.05) is 24.3 Å². The van der Waals surface area contributed by atoms with Gasteiger partial charge in [0.2, 0.25) is 0 Å². The molecule has 1 N–H and O–H groups in total. The van der Waals surface area contributed by atoms with Crippen molar-refractivity contribution in [2.45, 2.75) is 26.6 Å². The molecule has 0 bridgehead atoms. The predicted molar refractivity (Wildman–Crippen MR) is 77.1 cm³/mol. The van der Waals surface area contributed by atoms with Gasteiger partial charge in [-0.3, -0.25) is 9.59 Å². The molecule has 0 saturated heterocycles. The molecule has 116 valence electrons. The number of aliphatic carboxylic acids is 1. The second-order valence-corrected chi connectivity index (χ2v) is 4.55. The van der Waals surface area contributed by atoms with Crippen molar-refractivity contribution in [2.24, 2.45) is 0 Å². The molecule has 1 atom stereocenters. The maximum absolute atomic E-state index is 12.1. The van der Waals surface area contributed by atoms with Crippen molar-refractivity contribution in [1.82, 2.24) is 4.90 Å². The molecular formula is C15H21NO5. The van der Waals surface area contributed by atoms with E-state index in [1.54, 1.807) is 21.0 Å². The highest BCUT2D eigenvalue weighted by Crippen LogP contribution is 2.14. The highest BCUT2D eigenvalue weighted by Gasteiger charge is 2.21. The Morgan fingerprint density at radius 3 is 2.67 bits per heavy atom.